The Morgan fingerprint density at radius 3 is 2.78 bits per heavy atom. The molecule has 1 saturated heterocycles. The molecule has 3 N–H and O–H groups in total. The summed E-state index contributed by atoms with van der Waals surface area (Å²) in [7, 11) is 0. The molecule has 1 aliphatic heterocycles. The summed E-state index contributed by atoms with van der Waals surface area (Å²) in [5, 5.41) is 3.85. The van der Waals surface area contributed by atoms with Crippen LogP contribution in [0.25, 0.3) is 0 Å². The Morgan fingerprint density at radius 2 is 2.11 bits per heavy atom. The van der Waals surface area contributed by atoms with Crippen molar-refractivity contribution in [2.45, 2.75) is 55.4 Å². The van der Waals surface area contributed by atoms with Gasteiger partial charge in [-0.3, -0.25) is 4.79 Å². The first-order valence-electron chi connectivity index (χ1n) is 6.84. The van der Waals surface area contributed by atoms with E-state index in [1.807, 2.05) is 11.8 Å². The molecule has 2 rings (SSSR count). The van der Waals surface area contributed by atoms with Crippen molar-refractivity contribution in [3.05, 3.63) is 0 Å². The Kier molecular flexibility index (Phi) is 4.92. The number of carbonyl (C=O) groups excluding carboxylic acids is 1. The monoisotopic (exact) mass is 272 g/mol. The van der Waals surface area contributed by atoms with E-state index in [0.717, 1.165) is 12.8 Å². The van der Waals surface area contributed by atoms with Gasteiger partial charge in [0.1, 0.15) is 0 Å². The largest absolute Gasteiger partial charge is 0.381 e. The normalized spacial score (nSPS) is 31.9. The zero-order valence-electron chi connectivity index (χ0n) is 11.1. The summed E-state index contributed by atoms with van der Waals surface area (Å²) >= 11 is 1.91. The Morgan fingerprint density at radius 1 is 1.39 bits per heavy atom. The molecule has 0 aromatic heterocycles. The molecule has 1 saturated carbocycles. The van der Waals surface area contributed by atoms with Crippen LogP contribution in [0.5, 0.6) is 0 Å². The molecule has 18 heavy (non-hydrogen) atoms. The number of rotatable bonds is 3. The van der Waals surface area contributed by atoms with Crippen molar-refractivity contribution in [3.8, 4) is 0 Å². The van der Waals surface area contributed by atoms with Gasteiger partial charge in [0.2, 0.25) is 5.91 Å². The highest BCUT2D eigenvalue weighted by Crippen LogP contribution is 2.27. The molecule has 1 amide bonds. The highest BCUT2D eigenvalue weighted by atomic mass is 32.2. The van der Waals surface area contributed by atoms with Gasteiger partial charge in [-0.1, -0.05) is 6.42 Å². The van der Waals surface area contributed by atoms with Gasteiger partial charge in [0, 0.05) is 24.5 Å². The van der Waals surface area contributed by atoms with Crippen LogP contribution in [-0.4, -0.2) is 42.2 Å². The highest BCUT2D eigenvalue weighted by molar-refractivity contribution is 7.99. The second-order valence-electron chi connectivity index (χ2n) is 5.46. The van der Waals surface area contributed by atoms with Gasteiger partial charge in [-0.05, 0) is 38.4 Å². The smallest absolute Gasteiger partial charge is 0.240 e. The Hall–Kier alpha value is -0.260. The number of hydrogen-bond donors (Lipinski definition) is 2. The third-order valence-electron chi connectivity index (χ3n) is 4.13. The third kappa shape index (κ3) is 3.39. The number of thioether (sulfide) groups is 1. The van der Waals surface area contributed by atoms with Crippen LogP contribution in [0.3, 0.4) is 0 Å². The summed E-state index contributed by atoms with van der Waals surface area (Å²) in [6.45, 7) is 1.20. The van der Waals surface area contributed by atoms with Crippen molar-refractivity contribution in [2.24, 2.45) is 5.73 Å². The zero-order chi connectivity index (χ0) is 13.0. The maximum Gasteiger partial charge on any atom is 0.240 e. The number of hydrogen-bond acceptors (Lipinski definition) is 4. The van der Waals surface area contributed by atoms with Gasteiger partial charge >= 0.3 is 0 Å². The molecule has 104 valence electrons. The lowest BCUT2D eigenvalue weighted by molar-refractivity contribution is -0.130. The molecule has 0 spiro atoms. The van der Waals surface area contributed by atoms with E-state index in [-0.39, 0.29) is 5.91 Å². The van der Waals surface area contributed by atoms with Crippen LogP contribution in [0.2, 0.25) is 0 Å². The van der Waals surface area contributed by atoms with Crippen LogP contribution in [0.15, 0.2) is 0 Å². The van der Waals surface area contributed by atoms with Gasteiger partial charge in [-0.15, -0.1) is 0 Å². The van der Waals surface area contributed by atoms with Crippen LogP contribution >= 0.6 is 11.8 Å². The first-order chi connectivity index (χ1) is 8.64. The molecular formula is C13H24N2O2S. The van der Waals surface area contributed by atoms with Crippen molar-refractivity contribution in [1.82, 2.24) is 5.32 Å². The molecule has 0 aromatic carbocycles. The van der Waals surface area contributed by atoms with Gasteiger partial charge in [-0.2, -0.15) is 11.8 Å². The fourth-order valence-electron chi connectivity index (χ4n) is 2.78. The molecule has 2 aliphatic rings. The van der Waals surface area contributed by atoms with Crippen molar-refractivity contribution >= 4 is 17.7 Å². The van der Waals surface area contributed by atoms with Crippen molar-refractivity contribution in [1.29, 1.82) is 0 Å². The summed E-state index contributed by atoms with van der Waals surface area (Å²) in [5.74, 6) is 0.0255. The summed E-state index contributed by atoms with van der Waals surface area (Å²) in [4.78, 5) is 12.3. The second kappa shape index (κ2) is 6.26. The number of carbonyl (C=O) groups is 1. The predicted molar refractivity (Wildman–Crippen MR) is 74.7 cm³/mol. The summed E-state index contributed by atoms with van der Waals surface area (Å²) in [5.41, 5.74) is 5.49. The average Bonchev–Trinajstić information content (AvgIpc) is 2.40. The maximum absolute atomic E-state index is 12.3. The Labute approximate surface area is 113 Å². The number of ether oxygens (including phenoxy) is 1. The molecule has 2 fully saturated rings. The topological polar surface area (TPSA) is 64.4 Å². The van der Waals surface area contributed by atoms with Gasteiger partial charge in [0.25, 0.3) is 0 Å². The third-order valence-corrected chi connectivity index (χ3v) is 5.23. The first-order valence-corrected chi connectivity index (χ1v) is 8.13. The van der Waals surface area contributed by atoms with Crippen molar-refractivity contribution < 1.29 is 9.53 Å². The van der Waals surface area contributed by atoms with E-state index in [9.17, 15) is 4.79 Å². The summed E-state index contributed by atoms with van der Waals surface area (Å²) in [6.07, 6.45) is 8.08. The molecule has 0 aromatic rings. The number of nitrogens with one attached hydrogen (secondary N) is 1. The molecule has 0 radical (unpaired) electrons. The second-order valence-corrected chi connectivity index (χ2v) is 6.60. The van der Waals surface area contributed by atoms with E-state index in [1.54, 1.807) is 0 Å². The predicted octanol–water partition coefficient (Wildman–Crippen LogP) is 1.28. The van der Waals surface area contributed by atoms with Crippen LogP contribution in [0, 0.1) is 0 Å². The van der Waals surface area contributed by atoms with Crippen LogP contribution in [-0.2, 0) is 9.53 Å². The lowest BCUT2D eigenvalue weighted by Crippen LogP contribution is -2.59. The van der Waals surface area contributed by atoms with Crippen molar-refractivity contribution in [3.63, 3.8) is 0 Å². The van der Waals surface area contributed by atoms with E-state index < -0.39 is 5.54 Å². The SMILES string of the molecule is CSC1CCCC(NC(=O)C2(N)CCOCC2)C1. The van der Waals surface area contributed by atoms with E-state index in [0.29, 0.717) is 37.3 Å². The molecular weight excluding hydrogens is 248 g/mol. The molecule has 2 unspecified atom stereocenters. The van der Waals surface area contributed by atoms with Crippen molar-refractivity contribution in [2.75, 3.05) is 19.5 Å². The fourth-order valence-corrected chi connectivity index (χ4v) is 3.61. The van der Waals surface area contributed by atoms with Crippen LogP contribution < -0.4 is 11.1 Å². The van der Waals surface area contributed by atoms with E-state index in [1.165, 1.54) is 12.8 Å². The van der Waals surface area contributed by atoms with Gasteiger partial charge in [0.05, 0.1) is 5.54 Å². The molecule has 4 nitrogen and oxygen atoms in total. The van der Waals surface area contributed by atoms with Crippen LogP contribution in [0.1, 0.15) is 38.5 Å². The molecule has 1 aliphatic carbocycles. The van der Waals surface area contributed by atoms with E-state index >= 15 is 0 Å². The fraction of sp³-hybridized carbons (Fsp3) is 0.923. The first kappa shape index (κ1) is 14.2. The minimum absolute atomic E-state index is 0.0255. The summed E-state index contributed by atoms with van der Waals surface area (Å²) in [6, 6.07) is 0.312. The lowest BCUT2D eigenvalue weighted by atomic mass is 9.88. The standard InChI is InChI=1S/C13H24N2O2S/c1-18-11-4-2-3-10(9-11)15-12(16)13(14)5-7-17-8-6-13/h10-11H,2-9,14H2,1H3,(H,15,16). The van der Waals surface area contributed by atoms with Crippen LogP contribution in [0.4, 0.5) is 0 Å². The molecule has 1 heterocycles. The quantitative estimate of drug-likeness (QED) is 0.812. The van der Waals surface area contributed by atoms with E-state index in [2.05, 4.69) is 11.6 Å². The molecule has 2 atom stereocenters. The van der Waals surface area contributed by atoms with Gasteiger partial charge in [-0.25, -0.2) is 0 Å². The lowest BCUT2D eigenvalue weighted by Gasteiger charge is -2.35. The molecule has 0 bridgehead atoms. The average molecular weight is 272 g/mol. The zero-order valence-corrected chi connectivity index (χ0v) is 11.9. The minimum atomic E-state index is -0.704. The van der Waals surface area contributed by atoms with Gasteiger partial charge in [0.15, 0.2) is 0 Å². The van der Waals surface area contributed by atoms with Gasteiger partial charge < -0.3 is 15.8 Å². The molecule has 5 heteroatoms. The summed E-state index contributed by atoms with van der Waals surface area (Å²) < 4.78 is 5.28. The number of amides is 1. The maximum atomic E-state index is 12.3. The minimum Gasteiger partial charge on any atom is -0.381 e. The Bertz CT molecular complexity index is 293. The number of nitrogens with two attached hydrogens (primary N) is 1. The highest BCUT2D eigenvalue weighted by Gasteiger charge is 2.37. The Balaban J connectivity index is 1.86. The van der Waals surface area contributed by atoms with E-state index in [4.69, 9.17) is 10.5 Å².